The molecule has 0 aliphatic rings. The van der Waals surface area contributed by atoms with E-state index in [1.165, 1.54) is 6.92 Å². The largest absolute Gasteiger partial charge is 0.514 e. The van der Waals surface area contributed by atoms with Gasteiger partial charge in [-0.15, -0.1) is 0 Å². The normalized spacial score (nSPS) is 10.9. The molecule has 0 fully saturated rings. The highest BCUT2D eigenvalue weighted by Crippen LogP contribution is 2.27. The first-order valence-electron chi connectivity index (χ1n) is 7.64. The second kappa shape index (κ2) is 7.34. The van der Waals surface area contributed by atoms with Crippen LogP contribution in [0.4, 0.5) is 9.18 Å². The van der Waals surface area contributed by atoms with Gasteiger partial charge in [-0.1, -0.05) is 18.2 Å². The van der Waals surface area contributed by atoms with Crippen LogP contribution >= 0.6 is 0 Å². The Morgan fingerprint density at radius 1 is 1.00 bits per heavy atom. The van der Waals surface area contributed by atoms with Crippen molar-refractivity contribution < 1.29 is 28.2 Å². The minimum absolute atomic E-state index is 0.0453. The van der Waals surface area contributed by atoms with Crippen molar-refractivity contribution in [3.05, 3.63) is 59.4 Å². The summed E-state index contributed by atoms with van der Waals surface area (Å²) in [4.78, 5) is 24.3. The third-order valence-electron chi connectivity index (χ3n) is 3.00. The van der Waals surface area contributed by atoms with Crippen LogP contribution in [0.3, 0.4) is 0 Å². The Hall–Kier alpha value is -2.89. The summed E-state index contributed by atoms with van der Waals surface area (Å²) in [5.41, 5.74) is -0.555. The predicted molar refractivity (Wildman–Crippen MR) is 89.4 cm³/mol. The van der Waals surface area contributed by atoms with E-state index in [2.05, 4.69) is 0 Å². The molecule has 5 nitrogen and oxygen atoms in total. The van der Waals surface area contributed by atoms with Gasteiger partial charge >= 0.3 is 12.1 Å². The smallest absolute Gasteiger partial charge is 0.428 e. The minimum Gasteiger partial charge on any atom is -0.428 e. The number of esters is 1. The van der Waals surface area contributed by atoms with Crippen LogP contribution in [-0.2, 0) is 4.74 Å². The Bertz CT molecular complexity index is 778. The van der Waals surface area contributed by atoms with Crippen LogP contribution in [0.5, 0.6) is 11.5 Å². The molecular weight excluding hydrogens is 327 g/mol. The molecule has 132 valence electrons. The van der Waals surface area contributed by atoms with Gasteiger partial charge in [-0.05, 0) is 51.5 Å². The van der Waals surface area contributed by atoms with E-state index in [0.717, 1.165) is 12.1 Å². The van der Waals surface area contributed by atoms with Gasteiger partial charge in [0.25, 0.3) is 0 Å². The van der Waals surface area contributed by atoms with Crippen molar-refractivity contribution >= 4 is 12.1 Å². The van der Waals surface area contributed by atoms with Gasteiger partial charge in [0.05, 0.1) is 0 Å². The van der Waals surface area contributed by atoms with Gasteiger partial charge in [0.15, 0.2) is 5.75 Å². The number of hydrogen-bond acceptors (Lipinski definition) is 5. The van der Waals surface area contributed by atoms with Crippen LogP contribution in [0.2, 0.25) is 0 Å². The molecule has 0 aliphatic heterocycles. The topological polar surface area (TPSA) is 61.8 Å². The fourth-order valence-corrected chi connectivity index (χ4v) is 2.06. The van der Waals surface area contributed by atoms with E-state index >= 15 is 0 Å². The third kappa shape index (κ3) is 5.31. The summed E-state index contributed by atoms with van der Waals surface area (Å²) in [6, 6.07) is 10.5. The first-order valence-corrected chi connectivity index (χ1v) is 7.64. The Morgan fingerprint density at radius 3 is 2.24 bits per heavy atom. The molecule has 0 aliphatic carbocycles. The molecule has 0 saturated carbocycles. The zero-order valence-electron chi connectivity index (χ0n) is 14.5. The number of halogens is 1. The molecule has 0 spiro atoms. The maximum Gasteiger partial charge on any atom is 0.514 e. The van der Waals surface area contributed by atoms with Crippen LogP contribution in [0.1, 0.15) is 36.7 Å². The lowest BCUT2D eigenvalue weighted by Gasteiger charge is -2.19. The molecule has 2 aromatic rings. The molecule has 0 radical (unpaired) electrons. The molecule has 0 aromatic heterocycles. The maximum absolute atomic E-state index is 13.7. The van der Waals surface area contributed by atoms with Crippen LogP contribution in [0, 0.1) is 12.7 Å². The van der Waals surface area contributed by atoms with E-state index < -0.39 is 23.5 Å². The van der Waals surface area contributed by atoms with Crippen LogP contribution in [-0.4, -0.2) is 17.7 Å². The number of carbonyl (C=O) groups is 2. The number of aryl methyl sites for hydroxylation is 1. The lowest BCUT2D eigenvalue weighted by atomic mass is 10.1. The predicted octanol–water partition coefficient (Wildman–Crippen LogP) is 4.67. The number of ether oxygens (including phenoxy) is 3. The average molecular weight is 346 g/mol. The minimum atomic E-state index is -1.04. The Labute approximate surface area is 145 Å². The molecule has 0 N–H and O–H groups in total. The molecule has 0 bridgehead atoms. The molecule has 25 heavy (non-hydrogen) atoms. The van der Waals surface area contributed by atoms with Crippen LogP contribution in [0.25, 0.3) is 0 Å². The number of carbonyl (C=O) groups excluding carboxylic acids is 2. The van der Waals surface area contributed by atoms with Crippen molar-refractivity contribution in [2.75, 3.05) is 0 Å². The van der Waals surface area contributed by atoms with Gasteiger partial charge in [0.2, 0.25) is 0 Å². The van der Waals surface area contributed by atoms with Crippen LogP contribution in [0.15, 0.2) is 42.5 Å². The van der Waals surface area contributed by atoms with Crippen molar-refractivity contribution in [3.8, 4) is 11.5 Å². The molecule has 0 saturated heterocycles. The lowest BCUT2D eigenvalue weighted by Crippen LogP contribution is -2.26. The summed E-state index contributed by atoms with van der Waals surface area (Å²) in [6.07, 6.45) is -1.04. The standard InChI is InChI=1S/C19H19FO5/c1-12-10-13(20)11-15(24-18(22)25-19(2,3)4)16(12)17(21)23-14-8-6-5-7-9-14/h5-11H,1-4H3. The highest BCUT2D eigenvalue weighted by Gasteiger charge is 2.24. The van der Waals surface area contributed by atoms with Gasteiger partial charge in [-0.25, -0.2) is 14.0 Å². The number of para-hydroxylation sites is 1. The van der Waals surface area contributed by atoms with E-state index in [9.17, 15) is 14.0 Å². The zero-order chi connectivity index (χ0) is 18.6. The third-order valence-corrected chi connectivity index (χ3v) is 3.00. The van der Waals surface area contributed by atoms with Crippen LogP contribution < -0.4 is 9.47 Å². The Kier molecular flexibility index (Phi) is 5.41. The summed E-state index contributed by atoms with van der Waals surface area (Å²) in [6.45, 7) is 6.51. The molecule has 2 rings (SSSR count). The summed E-state index contributed by atoms with van der Waals surface area (Å²) >= 11 is 0. The van der Waals surface area contributed by atoms with Gasteiger partial charge in [-0.3, -0.25) is 0 Å². The van der Waals surface area contributed by atoms with Crippen molar-refractivity contribution in [2.24, 2.45) is 0 Å². The molecule has 2 aromatic carbocycles. The monoisotopic (exact) mass is 346 g/mol. The highest BCUT2D eigenvalue weighted by atomic mass is 19.1. The fourth-order valence-electron chi connectivity index (χ4n) is 2.06. The second-order valence-electron chi connectivity index (χ2n) is 6.36. The van der Waals surface area contributed by atoms with Crippen molar-refractivity contribution in [2.45, 2.75) is 33.3 Å². The summed E-state index contributed by atoms with van der Waals surface area (Å²) < 4.78 is 29.0. The van der Waals surface area contributed by atoms with E-state index in [4.69, 9.17) is 14.2 Å². The summed E-state index contributed by atoms with van der Waals surface area (Å²) in [7, 11) is 0. The van der Waals surface area contributed by atoms with E-state index in [0.29, 0.717) is 5.75 Å². The van der Waals surface area contributed by atoms with E-state index in [-0.39, 0.29) is 16.9 Å². The molecule has 0 unspecified atom stereocenters. The van der Waals surface area contributed by atoms with Crippen molar-refractivity contribution in [1.82, 2.24) is 0 Å². The summed E-state index contributed by atoms with van der Waals surface area (Å²) in [5.74, 6) is -1.35. The van der Waals surface area contributed by atoms with E-state index in [1.54, 1.807) is 51.1 Å². The number of rotatable bonds is 3. The van der Waals surface area contributed by atoms with Gasteiger partial charge < -0.3 is 14.2 Å². The molecule has 0 atom stereocenters. The molecule has 0 amide bonds. The Morgan fingerprint density at radius 2 is 1.64 bits per heavy atom. The molecule has 6 heteroatoms. The van der Waals surface area contributed by atoms with E-state index in [1.807, 2.05) is 0 Å². The molecule has 0 heterocycles. The lowest BCUT2D eigenvalue weighted by molar-refractivity contribution is 0.0204. The fraction of sp³-hybridized carbons (Fsp3) is 0.263. The second-order valence-corrected chi connectivity index (χ2v) is 6.36. The van der Waals surface area contributed by atoms with Gasteiger partial charge in [0, 0.05) is 6.07 Å². The Balaban J connectivity index is 2.30. The first kappa shape index (κ1) is 18.4. The molecular formula is C19H19FO5. The van der Waals surface area contributed by atoms with Crippen molar-refractivity contribution in [1.29, 1.82) is 0 Å². The maximum atomic E-state index is 13.7. The summed E-state index contributed by atoms with van der Waals surface area (Å²) in [5, 5.41) is 0. The first-order chi connectivity index (χ1) is 11.7. The van der Waals surface area contributed by atoms with Gasteiger partial charge in [0.1, 0.15) is 22.7 Å². The average Bonchev–Trinajstić information content (AvgIpc) is 2.45. The van der Waals surface area contributed by atoms with Crippen molar-refractivity contribution in [3.63, 3.8) is 0 Å². The number of benzene rings is 2. The quantitative estimate of drug-likeness (QED) is 0.459. The highest BCUT2D eigenvalue weighted by molar-refractivity contribution is 5.96. The van der Waals surface area contributed by atoms with Gasteiger partial charge in [-0.2, -0.15) is 0 Å². The number of hydrogen-bond donors (Lipinski definition) is 0. The SMILES string of the molecule is Cc1cc(F)cc(OC(=O)OC(C)(C)C)c1C(=O)Oc1ccccc1. The zero-order valence-corrected chi connectivity index (χ0v) is 14.5.